The van der Waals surface area contributed by atoms with E-state index in [4.69, 9.17) is 4.74 Å². The molecule has 0 atom stereocenters. The zero-order valence-corrected chi connectivity index (χ0v) is 14.4. The van der Waals surface area contributed by atoms with Crippen molar-refractivity contribution in [1.82, 2.24) is 4.90 Å². The van der Waals surface area contributed by atoms with Crippen molar-refractivity contribution in [2.45, 2.75) is 32.4 Å². The van der Waals surface area contributed by atoms with Crippen LogP contribution in [0.15, 0.2) is 54.6 Å². The Morgan fingerprint density at radius 2 is 1.70 bits per heavy atom. The highest BCUT2D eigenvalue weighted by Crippen LogP contribution is 2.22. The average Bonchev–Trinajstić information content (AvgIpc) is 2.55. The molecular weight excluding hydrogens is 286 g/mol. The fourth-order valence-corrected chi connectivity index (χ4v) is 2.63. The van der Waals surface area contributed by atoms with Gasteiger partial charge in [0, 0.05) is 12.1 Å². The van der Waals surface area contributed by atoms with Crippen LogP contribution >= 0.6 is 0 Å². The maximum atomic E-state index is 11.7. The van der Waals surface area contributed by atoms with Gasteiger partial charge in [0.05, 0.1) is 12.7 Å². The molecule has 2 rings (SSSR count). The lowest BCUT2D eigenvalue weighted by atomic mass is 9.92. The molecule has 0 saturated heterocycles. The molecule has 0 aliphatic carbocycles. The van der Waals surface area contributed by atoms with Gasteiger partial charge in [-0.25, -0.2) is 4.79 Å². The zero-order valence-electron chi connectivity index (χ0n) is 14.4. The molecule has 0 unspecified atom stereocenters. The lowest BCUT2D eigenvalue weighted by Gasteiger charge is -2.36. The normalized spacial score (nSPS) is 11.5. The van der Waals surface area contributed by atoms with Gasteiger partial charge >= 0.3 is 5.97 Å². The molecule has 0 bridgehead atoms. The number of methoxy groups -OCH3 is 1. The molecule has 2 aromatic rings. The smallest absolute Gasteiger partial charge is 0.337 e. The molecule has 3 nitrogen and oxygen atoms in total. The minimum Gasteiger partial charge on any atom is -0.465 e. The van der Waals surface area contributed by atoms with E-state index in [9.17, 15) is 4.79 Å². The number of rotatable bonds is 6. The lowest BCUT2D eigenvalue weighted by Crippen LogP contribution is -2.42. The van der Waals surface area contributed by atoms with E-state index in [-0.39, 0.29) is 11.5 Å². The summed E-state index contributed by atoms with van der Waals surface area (Å²) in [7, 11) is 3.55. The molecule has 0 heterocycles. The van der Waals surface area contributed by atoms with Gasteiger partial charge < -0.3 is 4.74 Å². The first-order valence-electron chi connectivity index (χ1n) is 7.85. The number of nitrogens with zero attached hydrogens (tertiary/aromatic N) is 1. The van der Waals surface area contributed by atoms with Crippen molar-refractivity contribution in [3.8, 4) is 0 Å². The Balaban J connectivity index is 2.09. The van der Waals surface area contributed by atoms with Gasteiger partial charge in [0.2, 0.25) is 0 Å². The number of hydrogen-bond acceptors (Lipinski definition) is 3. The third-order valence-corrected chi connectivity index (χ3v) is 4.28. The van der Waals surface area contributed by atoms with Crippen LogP contribution in [0.2, 0.25) is 0 Å². The van der Waals surface area contributed by atoms with Crippen LogP contribution in [-0.4, -0.2) is 30.6 Å². The van der Waals surface area contributed by atoms with E-state index in [1.807, 2.05) is 18.2 Å². The first-order chi connectivity index (χ1) is 10.9. The monoisotopic (exact) mass is 311 g/mol. The van der Waals surface area contributed by atoms with Crippen molar-refractivity contribution in [2.24, 2.45) is 0 Å². The van der Waals surface area contributed by atoms with Crippen molar-refractivity contribution in [2.75, 3.05) is 14.2 Å². The maximum Gasteiger partial charge on any atom is 0.337 e. The van der Waals surface area contributed by atoms with Crippen LogP contribution in [0.4, 0.5) is 0 Å². The van der Waals surface area contributed by atoms with Gasteiger partial charge in [-0.1, -0.05) is 42.5 Å². The molecule has 0 fully saturated rings. The Morgan fingerprint density at radius 1 is 1.04 bits per heavy atom. The molecule has 23 heavy (non-hydrogen) atoms. The molecule has 3 heteroatoms. The standard InChI is InChI=1S/C20H25NO2/c1-20(2,21(3)15-16-9-6-5-7-10-16)14-17-11-8-12-18(13-17)19(22)23-4/h5-13H,14-15H2,1-4H3. The van der Waals surface area contributed by atoms with E-state index in [2.05, 4.69) is 56.1 Å². The largest absolute Gasteiger partial charge is 0.465 e. The van der Waals surface area contributed by atoms with Gasteiger partial charge in [-0.3, -0.25) is 4.90 Å². The minimum atomic E-state index is -0.290. The quantitative estimate of drug-likeness (QED) is 0.757. The van der Waals surface area contributed by atoms with Crippen LogP contribution in [0.3, 0.4) is 0 Å². The second-order valence-corrected chi connectivity index (χ2v) is 6.52. The van der Waals surface area contributed by atoms with E-state index in [1.165, 1.54) is 12.7 Å². The molecule has 0 radical (unpaired) electrons. The van der Waals surface area contributed by atoms with Gasteiger partial charge in [-0.05, 0) is 50.6 Å². The molecule has 0 aliphatic heterocycles. The Labute approximate surface area is 138 Å². The van der Waals surface area contributed by atoms with Crippen LogP contribution in [0.1, 0.15) is 35.3 Å². The van der Waals surface area contributed by atoms with Gasteiger partial charge in [-0.15, -0.1) is 0 Å². The Hall–Kier alpha value is -2.13. The number of carbonyl (C=O) groups excluding carboxylic acids is 1. The third-order valence-electron chi connectivity index (χ3n) is 4.28. The summed E-state index contributed by atoms with van der Waals surface area (Å²) in [6, 6.07) is 18.1. The molecule has 0 N–H and O–H groups in total. The average molecular weight is 311 g/mol. The van der Waals surface area contributed by atoms with Crippen molar-refractivity contribution >= 4 is 5.97 Å². The summed E-state index contributed by atoms with van der Waals surface area (Å²) in [6.45, 7) is 5.34. The number of benzene rings is 2. The Kier molecular flexibility index (Phi) is 5.56. The van der Waals surface area contributed by atoms with E-state index < -0.39 is 0 Å². The van der Waals surface area contributed by atoms with Crippen molar-refractivity contribution in [3.63, 3.8) is 0 Å². The van der Waals surface area contributed by atoms with Crippen molar-refractivity contribution in [1.29, 1.82) is 0 Å². The highest BCUT2D eigenvalue weighted by molar-refractivity contribution is 5.89. The van der Waals surface area contributed by atoms with E-state index >= 15 is 0 Å². The SMILES string of the molecule is COC(=O)c1cccc(CC(C)(C)N(C)Cc2ccccc2)c1. The number of ether oxygens (including phenoxy) is 1. The van der Waals surface area contributed by atoms with Crippen LogP contribution < -0.4 is 0 Å². The summed E-state index contributed by atoms with van der Waals surface area (Å²) >= 11 is 0. The highest BCUT2D eigenvalue weighted by Gasteiger charge is 2.24. The summed E-state index contributed by atoms with van der Waals surface area (Å²) in [5.41, 5.74) is 3.01. The maximum absolute atomic E-state index is 11.7. The number of carbonyl (C=O) groups is 1. The van der Waals surface area contributed by atoms with E-state index in [0.29, 0.717) is 5.56 Å². The van der Waals surface area contributed by atoms with Crippen LogP contribution in [-0.2, 0) is 17.7 Å². The minimum absolute atomic E-state index is 0.0232. The Morgan fingerprint density at radius 3 is 2.35 bits per heavy atom. The molecule has 0 amide bonds. The van der Waals surface area contributed by atoms with Crippen LogP contribution in [0.25, 0.3) is 0 Å². The van der Waals surface area contributed by atoms with E-state index in [0.717, 1.165) is 18.5 Å². The summed E-state index contributed by atoms with van der Waals surface area (Å²) in [4.78, 5) is 14.0. The molecular formula is C20H25NO2. The molecule has 0 saturated carbocycles. The first kappa shape index (κ1) is 17.2. The summed E-state index contributed by atoms with van der Waals surface area (Å²) in [6.07, 6.45) is 0.862. The molecule has 122 valence electrons. The summed E-state index contributed by atoms with van der Waals surface area (Å²) < 4.78 is 4.80. The van der Waals surface area contributed by atoms with Crippen molar-refractivity contribution in [3.05, 3.63) is 71.3 Å². The lowest BCUT2D eigenvalue weighted by molar-refractivity contribution is 0.0600. The van der Waals surface area contributed by atoms with Gasteiger partial charge in [0.15, 0.2) is 0 Å². The predicted molar refractivity (Wildman–Crippen MR) is 93.5 cm³/mol. The Bertz CT molecular complexity index is 650. The second-order valence-electron chi connectivity index (χ2n) is 6.52. The second kappa shape index (κ2) is 7.42. The third kappa shape index (κ3) is 4.67. The van der Waals surface area contributed by atoms with Crippen molar-refractivity contribution < 1.29 is 9.53 Å². The fourth-order valence-electron chi connectivity index (χ4n) is 2.63. The van der Waals surface area contributed by atoms with Crippen LogP contribution in [0, 0.1) is 0 Å². The van der Waals surface area contributed by atoms with Gasteiger partial charge in [0.1, 0.15) is 0 Å². The summed E-state index contributed by atoms with van der Waals surface area (Å²) in [5, 5.41) is 0. The number of likely N-dealkylation sites (N-methyl/N-ethyl adjacent to an activating group) is 1. The number of hydrogen-bond donors (Lipinski definition) is 0. The topological polar surface area (TPSA) is 29.5 Å². The summed E-state index contributed by atoms with van der Waals surface area (Å²) in [5.74, 6) is -0.290. The zero-order chi connectivity index (χ0) is 16.9. The van der Waals surface area contributed by atoms with Crippen LogP contribution in [0.5, 0.6) is 0 Å². The molecule has 0 aromatic heterocycles. The van der Waals surface area contributed by atoms with Gasteiger partial charge in [0.25, 0.3) is 0 Å². The van der Waals surface area contributed by atoms with Gasteiger partial charge in [-0.2, -0.15) is 0 Å². The van der Waals surface area contributed by atoms with E-state index in [1.54, 1.807) is 6.07 Å². The molecule has 0 spiro atoms. The number of esters is 1. The fraction of sp³-hybridized carbons (Fsp3) is 0.350. The highest BCUT2D eigenvalue weighted by atomic mass is 16.5. The molecule has 2 aromatic carbocycles. The first-order valence-corrected chi connectivity index (χ1v) is 7.85. The predicted octanol–water partition coefficient (Wildman–Crippen LogP) is 3.93. The molecule has 0 aliphatic rings.